The highest BCUT2D eigenvalue weighted by molar-refractivity contribution is 5.75. The molecule has 0 atom stereocenters. The molecule has 0 unspecified atom stereocenters. The van der Waals surface area contributed by atoms with Crippen LogP contribution >= 0.6 is 0 Å². The van der Waals surface area contributed by atoms with Gasteiger partial charge in [0.1, 0.15) is 5.75 Å². The molecule has 2 aromatic rings. The van der Waals surface area contributed by atoms with Gasteiger partial charge in [-0.1, -0.05) is 26.0 Å². The van der Waals surface area contributed by atoms with E-state index in [-0.39, 0.29) is 11.9 Å². The van der Waals surface area contributed by atoms with Crippen LogP contribution in [0.4, 0.5) is 5.95 Å². The van der Waals surface area contributed by atoms with Crippen LogP contribution in [-0.2, 0) is 4.79 Å². The Morgan fingerprint density at radius 1 is 1.12 bits per heavy atom. The number of hydrogen-bond acceptors (Lipinski definition) is 5. The molecule has 0 amide bonds. The fourth-order valence-electron chi connectivity index (χ4n) is 2.89. The number of hydrogen-bond donors (Lipinski definition) is 0. The Morgan fingerprint density at radius 2 is 1.75 bits per heavy atom. The normalized spacial score (nSPS) is 15.5. The number of esters is 1. The lowest BCUT2D eigenvalue weighted by molar-refractivity contribution is -0.139. The van der Waals surface area contributed by atoms with Gasteiger partial charge in [0.2, 0.25) is 5.95 Å². The first-order valence-electron chi connectivity index (χ1n) is 8.47. The summed E-state index contributed by atoms with van der Waals surface area (Å²) >= 11 is 0. The molecule has 1 aromatic heterocycles. The van der Waals surface area contributed by atoms with Crippen LogP contribution in [-0.4, -0.2) is 29.0 Å². The topological polar surface area (TPSA) is 55.3 Å². The zero-order chi connectivity index (χ0) is 16.9. The first kappa shape index (κ1) is 16.4. The molecule has 126 valence electrons. The molecule has 5 nitrogen and oxygen atoms in total. The van der Waals surface area contributed by atoms with E-state index in [0.29, 0.717) is 11.7 Å². The number of piperidine rings is 1. The molecule has 0 radical (unpaired) electrons. The van der Waals surface area contributed by atoms with Crippen LogP contribution in [0.2, 0.25) is 0 Å². The van der Waals surface area contributed by atoms with Gasteiger partial charge in [-0.15, -0.1) is 0 Å². The molecule has 0 bridgehead atoms. The lowest BCUT2D eigenvalue weighted by Crippen LogP contribution is -2.38. The molecule has 2 heterocycles. The van der Waals surface area contributed by atoms with E-state index in [0.717, 1.165) is 31.9 Å². The fourth-order valence-corrected chi connectivity index (χ4v) is 2.89. The van der Waals surface area contributed by atoms with Crippen LogP contribution in [0.15, 0.2) is 42.7 Å². The first-order valence-corrected chi connectivity index (χ1v) is 8.47. The Morgan fingerprint density at radius 3 is 2.33 bits per heavy atom. The maximum Gasteiger partial charge on any atom is 0.314 e. The molecule has 1 aliphatic rings. The third-order valence-corrected chi connectivity index (χ3v) is 4.43. The molecule has 3 rings (SSSR count). The van der Waals surface area contributed by atoms with Crippen LogP contribution in [0.3, 0.4) is 0 Å². The third-order valence-electron chi connectivity index (χ3n) is 4.43. The summed E-state index contributed by atoms with van der Waals surface area (Å²) in [6.45, 7) is 5.84. The van der Waals surface area contributed by atoms with Crippen molar-refractivity contribution < 1.29 is 9.53 Å². The van der Waals surface area contributed by atoms with Crippen molar-refractivity contribution in [3.63, 3.8) is 0 Å². The zero-order valence-corrected chi connectivity index (χ0v) is 14.2. The molecular formula is C19H23N3O2. The van der Waals surface area contributed by atoms with Crippen LogP contribution < -0.4 is 9.64 Å². The standard InChI is InChI=1S/C19H23N3O2/c1-14(2)15-4-6-17(7-5-15)24-18(23)16-8-12-22(13-9-16)19-20-10-3-11-21-19/h3-7,10-11,14,16H,8-9,12-13H2,1-2H3. The Balaban J connectivity index is 1.53. The molecule has 1 saturated heterocycles. The van der Waals surface area contributed by atoms with E-state index >= 15 is 0 Å². The van der Waals surface area contributed by atoms with E-state index in [4.69, 9.17) is 4.74 Å². The van der Waals surface area contributed by atoms with Gasteiger partial charge in [0.25, 0.3) is 0 Å². The average Bonchev–Trinajstić information content (AvgIpc) is 2.63. The lowest BCUT2D eigenvalue weighted by Gasteiger charge is -2.30. The minimum Gasteiger partial charge on any atom is -0.426 e. The van der Waals surface area contributed by atoms with Gasteiger partial charge in [-0.05, 0) is 42.5 Å². The maximum atomic E-state index is 12.4. The predicted molar refractivity (Wildman–Crippen MR) is 93.1 cm³/mol. The van der Waals surface area contributed by atoms with Gasteiger partial charge in [0.15, 0.2) is 0 Å². The summed E-state index contributed by atoms with van der Waals surface area (Å²) in [6, 6.07) is 9.59. The molecular weight excluding hydrogens is 302 g/mol. The van der Waals surface area contributed by atoms with Crippen molar-refractivity contribution in [2.45, 2.75) is 32.6 Å². The molecule has 24 heavy (non-hydrogen) atoms. The second-order valence-electron chi connectivity index (χ2n) is 6.45. The monoisotopic (exact) mass is 325 g/mol. The Kier molecular flexibility index (Phi) is 5.08. The summed E-state index contributed by atoms with van der Waals surface area (Å²) < 4.78 is 5.54. The van der Waals surface area contributed by atoms with E-state index in [1.54, 1.807) is 18.5 Å². The second-order valence-corrected chi connectivity index (χ2v) is 6.45. The summed E-state index contributed by atoms with van der Waals surface area (Å²) in [5.41, 5.74) is 1.24. The van der Waals surface area contributed by atoms with Crippen LogP contribution in [0.5, 0.6) is 5.75 Å². The SMILES string of the molecule is CC(C)c1ccc(OC(=O)C2CCN(c3ncccn3)CC2)cc1. The molecule has 1 fully saturated rings. The number of anilines is 1. The van der Waals surface area contributed by atoms with E-state index in [1.165, 1.54) is 5.56 Å². The van der Waals surface area contributed by atoms with Gasteiger partial charge >= 0.3 is 5.97 Å². The number of benzene rings is 1. The fraction of sp³-hybridized carbons (Fsp3) is 0.421. The smallest absolute Gasteiger partial charge is 0.314 e. The summed E-state index contributed by atoms with van der Waals surface area (Å²) in [6.07, 6.45) is 5.01. The molecule has 0 aliphatic carbocycles. The number of aromatic nitrogens is 2. The van der Waals surface area contributed by atoms with Gasteiger partial charge in [-0.2, -0.15) is 0 Å². The van der Waals surface area contributed by atoms with E-state index in [1.807, 2.05) is 24.3 Å². The maximum absolute atomic E-state index is 12.4. The molecule has 0 N–H and O–H groups in total. The molecule has 5 heteroatoms. The Labute approximate surface area is 142 Å². The van der Waals surface area contributed by atoms with E-state index < -0.39 is 0 Å². The third kappa shape index (κ3) is 3.91. The number of carbonyl (C=O) groups is 1. The second kappa shape index (κ2) is 7.43. The van der Waals surface area contributed by atoms with Gasteiger partial charge in [0.05, 0.1) is 5.92 Å². The Bertz CT molecular complexity index is 663. The minimum absolute atomic E-state index is 0.0604. The van der Waals surface area contributed by atoms with Gasteiger partial charge in [0, 0.05) is 25.5 Å². The summed E-state index contributed by atoms with van der Waals surface area (Å²) in [4.78, 5) is 23.0. The summed E-state index contributed by atoms with van der Waals surface area (Å²) in [5, 5.41) is 0. The van der Waals surface area contributed by atoms with Crippen molar-refractivity contribution in [1.29, 1.82) is 0 Å². The zero-order valence-electron chi connectivity index (χ0n) is 14.2. The molecule has 0 spiro atoms. The molecule has 1 aromatic carbocycles. The quantitative estimate of drug-likeness (QED) is 0.637. The molecule has 0 saturated carbocycles. The lowest BCUT2D eigenvalue weighted by atomic mass is 9.97. The predicted octanol–water partition coefficient (Wildman–Crippen LogP) is 3.42. The highest BCUT2D eigenvalue weighted by Crippen LogP contribution is 2.24. The van der Waals surface area contributed by atoms with E-state index in [9.17, 15) is 4.79 Å². The van der Waals surface area contributed by atoms with Gasteiger partial charge < -0.3 is 9.64 Å². The average molecular weight is 325 g/mol. The number of nitrogens with zero attached hydrogens (tertiary/aromatic N) is 3. The summed E-state index contributed by atoms with van der Waals surface area (Å²) in [7, 11) is 0. The molecule has 1 aliphatic heterocycles. The van der Waals surface area contributed by atoms with Crippen molar-refractivity contribution in [1.82, 2.24) is 9.97 Å². The number of rotatable bonds is 4. The van der Waals surface area contributed by atoms with Crippen molar-refractivity contribution in [3.05, 3.63) is 48.3 Å². The summed E-state index contributed by atoms with van der Waals surface area (Å²) in [5.74, 6) is 1.63. The van der Waals surface area contributed by atoms with E-state index in [2.05, 4.69) is 28.7 Å². The largest absolute Gasteiger partial charge is 0.426 e. The van der Waals surface area contributed by atoms with Crippen LogP contribution in [0.1, 0.15) is 38.2 Å². The van der Waals surface area contributed by atoms with Crippen LogP contribution in [0.25, 0.3) is 0 Å². The highest BCUT2D eigenvalue weighted by Gasteiger charge is 2.27. The van der Waals surface area contributed by atoms with Crippen molar-refractivity contribution >= 4 is 11.9 Å². The number of ether oxygens (including phenoxy) is 1. The first-order chi connectivity index (χ1) is 11.6. The van der Waals surface area contributed by atoms with Gasteiger partial charge in [-0.25, -0.2) is 9.97 Å². The number of carbonyl (C=O) groups excluding carboxylic acids is 1. The Hall–Kier alpha value is -2.43. The van der Waals surface area contributed by atoms with Crippen molar-refractivity contribution in [2.75, 3.05) is 18.0 Å². The highest BCUT2D eigenvalue weighted by atomic mass is 16.5. The van der Waals surface area contributed by atoms with Crippen molar-refractivity contribution in [2.24, 2.45) is 5.92 Å². The van der Waals surface area contributed by atoms with Crippen molar-refractivity contribution in [3.8, 4) is 5.75 Å². The van der Waals surface area contributed by atoms with Gasteiger partial charge in [-0.3, -0.25) is 4.79 Å². The van der Waals surface area contributed by atoms with Crippen LogP contribution in [0, 0.1) is 5.92 Å². The minimum atomic E-state index is -0.138.